The third kappa shape index (κ3) is 3.91. The Morgan fingerprint density at radius 1 is 1.21 bits per heavy atom. The van der Waals surface area contributed by atoms with Crippen LogP contribution in [-0.2, 0) is 6.42 Å². The first kappa shape index (κ1) is 18.2. The molecule has 0 fully saturated rings. The molecule has 0 bridgehead atoms. The van der Waals surface area contributed by atoms with E-state index in [-0.39, 0.29) is 5.91 Å². The summed E-state index contributed by atoms with van der Waals surface area (Å²) in [6, 6.07) is 17.1. The molecule has 0 spiro atoms. The monoisotopic (exact) mass is 406 g/mol. The number of carbonyl (C=O) groups excluding carboxylic acids is 1. The van der Waals surface area contributed by atoms with Crippen molar-refractivity contribution in [2.75, 3.05) is 6.54 Å². The maximum absolute atomic E-state index is 12.4. The maximum atomic E-state index is 12.4. The van der Waals surface area contributed by atoms with Crippen molar-refractivity contribution in [3.8, 4) is 16.5 Å². The number of nitrogens with zero attached hydrogens (tertiary/aromatic N) is 3. The van der Waals surface area contributed by atoms with Crippen molar-refractivity contribution in [1.82, 2.24) is 14.7 Å². The number of halogens is 1. The van der Waals surface area contributed by atoms with E-state index >= 15 is 0 Å². The van der Waals surface area contributed by atoms with Crippen LogP contribution in [0.3, 0.4) is 0 Å². The molecule has 0 saturated carbocycles. The normalized spacial score (nSPS) is 10.7. The predicted molar refractivity (Wildman–Crippen MR) is 111 cm³/mol. The van der Waals surface area contributed by atoms with Gasteiger partial charge in [-0.15, -0.1) is 0 Å². The molecule has 138 valence electrons. The van der Waals surface area contributed by atoms with Crippen LogP contribution in [-0.4, -0.2) is 21.8 Å². The molecular formula is C21H15ClN4OS. The molecule has 7 heteroatoms. The second-order valence-corrected chi connectivity index (χ2v) is 7.68. The third-order valence-corrected chi connectivity index (χ3v) is 5.57. The molecule has 1 N–H and O–H groups in total. The molecule has 0 unspecified atom stereocenters. The van der Waals surface area contributed by atoms with Crippen molar-refractivity contribution in [1.29, 1.82) is 5.26 Å². The summed E-state index contributed by atoms with van der Waals surface area (Å²) in [4.78, 5) is 18.5. The van der Waals surface area contributed by atoms with E-state index in [1.807, 2.05) is 53.1 Å². The Morgan fingerprint density at radius 3 is 2.79 bits per heavy atom. The van der Waals surface area contributed by atoms with Crippen LogP contribution in [0.1, 0.15) is 21.6 Å². The fourth-order valence-corrected chi connectivity index (χ4v) is 3.93. The summed E-state index contributed by atoms with van der Waals surface area (Å²) < 4.78 is 1.84. The van der Waals surface area contributed by atoms with Gasteiger partial charge in [0.2, 0.25) is 0 Å². The van der Waals surface area contributed by atoms with Crippen LogP contribution in [0.15, 0.2) is 60.9 Å². The highest BCUT2D eigenvalue weighted by Crippen LogP contribution is 2.29. The maximum Gasteiger partial charge on any atom is 0.271 e. The smallest absolute Gasteiger partial charge is 0.271 e. The molecule has 0 saturated heterocycles. The van der Waals surface area contributed by atoms with E-state index in [9.17, 15) is 4.79 Å². The predicted octanol–water partition coefficient (Wildman–Crippen LogP) is 4.56. The number of aromatic nitrogens is 2. The quantitative estimate of drug-likeness (QED) is 0.528. The van der Waals surface area contributed by atoms with E-state index in [4.69, 9.17) is 16.9 Å². The van der Waals surface area contributed by atoms with Crippen LogP contribution in [0.5, 0.6) is 0 Å². The minimum Gasteiger partial charge on any atom is -0.350 e. The summed E-state index contributed by atoms with van der Waals surface area (Å²) in [5.41, 5.74) is 3.08. The fraction of sp³-hybridized carbons (Fsp3) is 0.0952. The zero-order chi connectivity index (χ0) is 19.5. The number of nitriles is 1. The SMILES string of the molecule is N#Cc1cccc(-c2cn3cc(C(=O)NCCc4ccc(Cl)cc4)nc3s2)c1. The van der Waals surface area contributed by atoms with Gasteiger partial charge in [0, 0.05) is 24.0 Å². The lowest BCUT2D eigenvalue weighted by molar-refractivity contribution is 0.0950. The lowest BCUT2D eigenvalue weighted by Gasteiger charge is -2.03. The minimum absolute atomic E-state index is 0.196. The number of imidazole rings is 1. The molecule has 28 heavy (non-hydrogen) atoms. The summed E-state index contributed by atoms with van der Waals surface area (Å²) in [5.74, 6) is -0.196. The van der Waals surface area contributed by atoms with Crippen LogP contribution in [0.4, 0.5) is 0 Å². The van der Waals surface area contributed by atoms with Crippen molar-refractivity contribution in [2.24, 2.45) is 0 Å². The largest absolute Gasteiger partial charge is 0.350 e. The summed E-state index contributed by atoms with van der Waals surface area (Å²) in [6.45, 7) is 0.526. The molecule has 5 nitrogen and oxygen atoms in total. The average Bonchev–Trinajstić information content (AvgIpc) is 3.29. The van der Waals surface area contributed by atoms with Crippen molar-refractivity contribution in [2.45, 2.75) is 6.42 Å². The summed E-state index contributed by atoms with van der Waals surface area (Å²) in [5, 5.41) is 12.6. The van der Waals surface area contributed by atoms with Crippen molar-refractivity contribution in [3.63, 3.8) is 0 Å². The van der Waals surface area contributed by atoms with Gasteiger partial charge in [-0.1, -0.05) is 47.2 Å². The molecule has 1 amide bonds. The molecule has 4 rings (SSSR count). The van der Waals surface area contributed by atoms with Crippen molar-refractivity contribution < 1.29 is 4.79 Å². The van der Waals surface area contributed by atoms with Gasteiger partial charge in [-0.25, -0.2) is 4.98 Å². The fourth-order valence-electron chi connectivity index (χ4n) is 2.84. The average molecular weight is 407 g/mol. The number of thiazole rings is 1. The van der Waals surface area contributed by atoms with Gasteiger partial charge in [0.15, 0.2) is 4.96 Å². The van der Waals surface area contributed by atoms with Crippen LogP contribution in [0.25, 0.3) is 15.4 Å². The number of nitrogens with one attached hydrogen (secondary N) is 1. The molecular weight excluding hydrogens is 392 g/mol. The van der Waals surface area contributed by atoms with Gasteiger partial charge in [-0.05, 0) is 41.8 Å². The van der Waals surface area contributed by atoms with Crippen molar-refractivity contribution in [3.05, 3.63) is 82.8 Å². The lowest BCUT2D eigenvalue weighted by atomic mass is 10.1. The first-order chi connectivity index (χ1) is 13.6. The Balaban J connectivity index is 1.43. The van der Waals surface area contributed by atoms with Crippen molar-refractivity contribution >= 4 is 33.8 Å². The Kier molecular flexibility index (Phi) is 5.11. The molecule has 4 aromatic rings. The molecule has 2 aromatic carbocycles. The Bertz CT molecular complexity index is 1160. The van der Waals surface area contributed by atoms with Crippen LogP contribution in [0, 0.1) is 11.3 Å². The topological polar surface area (TPSA) is 70.2 Å². The van der Waals surface area contributed by atoms with Gasteiger partial charge in [0.05, 0.1) is 16.5 Å². The number of fused-ring (bicyclic) bond motifs is 1. The van der Waals surface area contributed by atoms with Gasteiger partial charge < -0.3 is 5.32 Å². The van der Waals surface area contributed by atoms with Gasteiger partial charge in [0.25, 0.3) is 5.91 Å². The summed E-state index contributed by atoms with van der Waals surface area (Å²) in [6.07, 6.45) is 4.37. The summed E-state index contributed by atoms with van der Waals surface area (Å²) >= 11 is 7.36. The van der Waals surface area contributed by atoms with Gasteiger partial charge >= 0.3 is 0 Å². The van der Waals surface area contributed by atoms with Crippen LogP contribution < -0.4 is 5.32 Å². The summed E-state index contributed by atoms with van der Waals surface area (Å²) in [7, 11) is 0. The highest BCUT2D eigenvalue weighted by molar-refractivity contribution is 7.20. The highest BCUT2D eigenvalue weighted by Gasteiger charge is 2.13. The van der Waals surface area contributed by atoms with Crippen LogP contribution in [0.2, 0.25) is 5.02 Å². The van der Waals surface area contributed by atoms with E-state index in [0.29, 0.717) is 22.8 Å². The van der Waals surface area contributed by atoms with Gasteiger partial charge in [-0.2, -0.15) is 5.26 Å². The van der Waals surface area contributed by atoms with Crippen LogP contribution >= 0.6 is 22.9 Å². The first-order valence-electron chi connectivity index (χ1n) is 8.64. The van der Waals surface area contributed by atoms with E-state index in [2.05, 4.69) is 16.4 Å². The van der Waals surface area contributed by atoms with Gasteiger partial charge in [0.1, 0.15) is 5.69 Å². The lowest BCUT2D eigenvalue weighted by Crippen LogP contribution is -2.25. The van der Waals surface area contributed by atoms with Gasteiger partial charge in [-0.3, -0.25) is 9.20 Å². The Hall–Kier alpha value is -3.14. The van der Waals surface area contributed by atoms with E-state index in [1.165, 1.54) is 11.3 Å². The molecule has 0 atom stereocenters. The van der Waals surface area contributed by atoms with E-state index < -0.39 is 0 Å². The molecule has 0 radical (unpaired) electrons. The number of hydrogen-bond acceptors (Lipinski definition) is 4. The Labute approximate surface area is 170 Å². The molecule has 2 aromatic heterocycles. The highest BCUT2D eigenvalue weighted by atomic mass is 35.5. The third-order valence-electron chi connectivity index (χ3n) is 4.28. The molecule has 2 heterocycles. The number of hydrogen-bond donors (Lipinski definition) is 1. The zero-order valence-corrected chi connectivity index (χ0v) is 16.3. The Morgan fingerprint density at radius 2 is 2.04 bits per heavy atom. The standard InChI is InChI=1S/C21H15ClN4OS/c22-17-6-4-14(5-7-17)8-9-24-20(27)18-12-26-13-19(28-21(26)25-18)16-3-1-2-15(10-16)11-23/h1-7,10,12-13H,8-9H2,(H,24,27). The number of rotatable bonds is 5. The number of carbonyl (C=O) groups is 1. The molecule has 0 aliphatic heterocycles. The number of amides is 1. The second-order valence-electron chi connectivity index (χ2n) is 6.24. The van der Waals surface area contributed by atoms with E-state index in [0.717, 1.165) is 27.4 Å². The molecule has 0 aliphatic carbocycles. The number of benzene rings is 2. The molecule has 0 aliphatic rings. The van der Waals surface area contributed by atoms with E-state index in [1.54, 1.807) is 12.3 Å². The first-order valence-corrected chi connectivity index (χ1v) is 9.83. The zero-order valence-electron chi connectivity index (χ0n) is 14.7. The minimum atomic E-state index is -0.196. The second kappa shape index (κ2) is 7.85.